The molecule has 0 aliphatic carbocycles. The second-order valence-corrected chi connectivity index (χ2v) is 12.3. The molecule has 3 aromatic rings. The Morgan fingerprint density at radius 2 is 1.93 bits per heavy atom. The van der Waals surface area contributed by atoms with Crippen molar-refractivity contribution in [3.63, 3.8) is 0 Å². The van der Waals surface area contributed by atoms with Gasteiger partial charge in [-0.15, -0.1) is 0 Å². The van der Waals surface area contributed by atoms with Crippen molar-refractivity contribution in [1.82, 2.24) is 19.8 Å². The minimum Gasteiger partial charge on any atom is -0.508 e. The Balaban J connectivity index is 1.34. The molecular weight excluding hydrogens is 528 g/mol. The van der Waals surface area contributed by atoms with Gasteiger partial charge in [-0.3, -0.25) is 4.79 Å². The summed E-state index contributed by atoms with van der Waals surface area (Å²) in [4.78, 5) is 31.8. The molecule has 0 saturated carbocycles. The van der Waals surface area contributed by atoms with E-state index in [1.165, 1.54) is 6.42 Å². The number of nitrogens with zero attached hydrogens (tertiary/aromatic N) is 6. The highest BCUT2D eigenvalue weighted by Gasteiger charge is 2.36. The molecule has 1 N–H and O–H groups in total. The Hall–Kier alpha value is -3.85. The number of benzene rings is 2. The Bertz CT molecular complexity index is 1510. The lowest BCUT2D eigenvalue weighted by Crippen LogP contribution is -2.59. The van der Waals surface area contributed by atoms with E-state index in [1.807, 2.05) is 35.2 Å². The third kappa shape index (κ3) is 5.38. The van der Waals surface area contributed by atoms with Crippen molar-refractivity contribution in [2.24, 2.45) is 0 Å². The first-order valence-corrected chi connectivity index (χ1v) is 15.1. The van der Waals surface area contributed by atoms with Gasteiger partial charge in [-0.25, -0.2) is 0 Å². The number of rotatable bonds is 6. The molecule has 2 saturated heterocycles. The number of phenols is 1. The average molecular weight is 571 g/mol. The molecule has 222 valence electrons. The summed E-state index contributed by atoms with van der Waals surface area (Å²) in [6.45, 7) is 14.2. The summed E-state index contributed by atoms with van der Waals surface area (Å²) in [6, 6.07) is 12.7. The molecule has 3 aliphatic heterocycles. The predicted octanol–water partition coefficient (Wildman–Crippen LogP) is 4.37. The number of ether oxygens (including phenoxy) is 1. The van der Waals surface area contributed by atoms with Crippen LogP contribution in [0.1, 0.15) is 44.9 Å². The fourth-order valence-electron chi connectivity index (χ4n) is 6.74. The number of hydrogen-bond donors (Lipinski definition) is 1. The lowest BCUT2D eigenvalue weighted by Gasteiger charge is -2.46. The third-order valence-electron chi connectivity index (χ3n) is 9.15. The van der Waals surface area contributed by atoms with Gasteiger partial charge in [0.05, 0.1) is 12.2 Å². The monoisotopic (exact) mass is 570 g/mol. The van der Waals surface area contributed by atoms with Crippen LogP contribution < -0.4 is 14.5 Å². The van der Waals surface area contributed by atoms with Gasteiger partial charge >= 0.3 is 6.01 Å². The highest BCUT2D eigenvalue weighted by molar-refractivity contribution is 5.96. The van der Waals surface area contributed by atoms with E-state index in [2.05, 4.69) is 48.2 Å². The van der Waals surface area contributed by atoms with E-state index in [0.29, 0.717) is 43.9 Å². The number of piperazine rings is 1. The summed E-state index contributed by atoms with van der Waals surface area (Å²) < 4.78 is 6.32. The zero-order valence-corrected chi connectivity index (χ0v) is 25.2. The molecular formula is C33H42N6O3. The topological polar surface area (TPSA) is 85.3 Å². The molecule has 2 aromatic carbocycles. The quantitative estimate of drug-likeness (QED) is 0.438. The predicted molar refractivity (Wildman–Crippen MR) is 166 cm³/mol. The van der Waals surface area contributed by atoms with Gasteiger partial charge in [0.25, 0.3) is 0 Å². The largest absolute Gasteiger partial charge is 0.508 e. The van der Waals surface area contributed by atoms with Crippen LogP contribution in [0.3, 0.4) is 0 Å². The normalized spacial score (nSPS) is 22.9. The second kappa shape index (κ2) is 11.4. The number of likely N-dealkylation sites (N-methyl/N-ethyl adjacent to an activating group) is 1. The molecule has 1 aromatic heterocycles. The van der Waals surface area contributed by atoms with Gasteiger partial charge in [0, 0.05) is 66.0 Å². The van der Waals surface area contributed by atoms with Gasteiger partial charge in [0.15, 0.2) is 0 Å². The van der Waals surface area contributed by atoms with Crippen LogP contribution in [0, 0.1) is 0 Å². The number of hydrogen-bond acceptors (Lipinski definition) is 8. The van der Waals surface area contributed by atoms with Crippen molar-refractivity contribution in [2.75, 3.05) is 49.6 Å². The number of likely N-dealkylation sites (tertiary alicyclic amines) is 1. The van der Waals surface area contributed by atoms with Crippen LogP contribution in [0.5, 0.6) is 11.8 Å². The minimum absolute atomic E-state index is 0.0115. The zero-order chi connectivity index (χ0) is 29.5. The van der Waals surface area contributed by atoms with Crippen molar-refractivity contribution in [3.05, 3.63) is 59.8 Å². The number of amides is 1. The lowest BCUT2D eigenvalue weighted by molar-refractivity contribution is -0.129. The highest BCUT2D eigenvalue weighted by Crippen LogP contribution is 2.37. The van der Waals surface area contributed by atoms with E-state index in [9.17, 15) is 9.90 Å². The smallest absolute Gasteiger partial charge is 0.318 e. The fourth-order valence-corrected chi connectivity index (χ4v) is 6.74. The second-order valence-electron chi connectivity index (χ2n) is 12.3. The van der Waals surface area contributed by atoms with Crippen LogP contribution in [0.2, 0.25) is 0 Å². The zero-order valence-electron chi connectivity index (χ0n) is 25.2. The molecule has 3 atom stereocenters. The molecule has 0 radical (unpaired) electrons. The van der Waals surface area contributed by atoms with Gasteiger partial charge in [0.1, 0.15) is 18.2 Å². The van der Waals surface area contributed by atoms with Crippen LogP contribution in [-0.4, -0.2) is 88.7 Å². The van der Waals surface area contributed by atoms with E-state index < -0.39 is 0 Å². The van der Waals surface area contributed by atoms with E-state index in [1.54, 1.807) is 6.92 Å². The number of aromatic nitrogens is 2. The molecule has 9 nitrogen and oxygen atoms in total. The molecule has 0 unspecified atom stereocenters. The number of anilines is 2. The molecule has 6 rings (SSSR count). The molecule has 3 aliphatic rings. The maximum Gasteiger partial charge on any atom is 0.318 e. The average Bonchev–Trinajstić information content (AvgIpc) is 3.39. The number of carbonyl (C=O) groups excluding carboxylic acids is 1. The van der Waals surface area contributed by atoms with E-state index >= 15 is 0 Å². The minimum atomic E-state index is 0.0115. The van der Waals surface area contributed by atoms with E-state index in [4.69, 9.17) is 14.7 Å². The Morgan fingerprint density at radius 1 is 1.12 bits per heavy atom. The maximum absolute atomic E-state index is 12.8. The summed E-state index contributed by atoms with van der Waals surface area (Å²) >= 11 is 0. The molecule has 2 fully saturated rings. The van der Waals surface area contributed by atoms with Crippen LogP contribution in [0.4, 0.5) is 11.5 Å². The third-order valence-corrected chi connectivity index (χ3v) is 9.15. The van der Waals surface area contributed by atoms with Gasteiger partial charge in [-0.2, -0.15) is 9.97 Å². The van der Waals surface area contributed by atoms with Gasteiger partial charge in [0.2, 0.25) is 5.91 Å². The van der Waals surface area contributed by atoms with Crippen LogP contribution >= 0.6 is 0 Å². The van der Waals surface area contributed by atoms with Crippen LogP contribution in [-0.2, 0) is 17.8 Å². The van der Waals surface area contributed by atoms with E-state index in [-0.39, 0.29) is 23.7 Å². The summed E-state index contributed by atoms with van der Waals surface area (Å²) in [5.74, 6) is 1.18. The fraction of sp³-hybridized carbons (Fsp3) is 0.485. The lowest BCUT2D eigenvalue weighted by atomic mass is 10.00. The van der Waals surface area contributed by atoms with Gasteiger partial charge < -0.3 is 29.4 Å². The van der Waals surface area contributed by atoms with Crippen molar-refractivity contribution < 1.29 is 14.6 Å². The number of fused-ring (bicyclic) bond motifs is 2. The number of carbonyl (C=O) groups is 1. The number of aromatic hydroxyl groups is 1. The highest BCUT2D eigenvalue weighted by atomic mass is 16.5. The Labute approximate surface area is 248 Å². The molecule has 1 amide bonds. The van der Waals surface area contributed by atoms with Crippen molar-refractivity contribution in [2.45, 2.75) is 64.7 Å². The Morgan fingerprint density at radius 3 is 2.69 bits per heavy atom. The molecule has 9 heteroatoms. The first-order valence-electron chi connectivity index (χ1n) is 15.1. The molecule has 0 spiro atoms. The van der Waals surface area contributed by atoms with Crippen molar-refractivity contribution in [1.29, 1.82) is 0 Å². The summed E-state index contributed by atoms with van der Waals surface area (Å²) in [7, 11) is 2.15. The first-order chi connectivity index (χ1) is 20.2. The van der Waals surface area contributed by atoms with Crippen LogP contribution in [0.15, 0.2) is 48.6 Å². The summed E-state index contributed by atoms with van der Waals surface area (Å²) in [5, 5.41) is 12.6. The van der Waals surface area contributed by atoms with Crippen molar-refractivity contribution in [3.8, 4) is 11.8 Å². The van der Waals surface area contributed by atoms with E-state index in [0.717, 1.165) is 59.5 Å². The van der Waals surface area contributed by atoms with Crippen molar-refractivity contribution >= 4 is 28.2 Å². The Kier molecular flexibility index (Phi) is 7.70. The molecule has 0 bridgehead atoms. The number of phenolic OH excluding ortho intramolecular Hbond substituents is 1. The summed E-state index contributed by atoms with van der Waals surface area (Å²) in [5.41, 5.74) is 3.66. The van der Waals surface area contributed by atoms with Gasteiger partial charge in [-0.05, 0) is 65.1 Å². The van der Waals surface area contributed by atoms with Crippen LogP contribution in [0.25, 0.3) is 10.8 Å². The van der Waals surface area contributed by atoms with Gasteiger partial charge in [-0.1, -0.05) is 30.8 Å². The SMILES string of the molecule is C=C(C)C(=O)N1C[C@H](C)N(c2nc(OC[C@@H]3CCCN3C)nc3c2CCN(c2cc(O)cc4ccccc24)C3)C[C@H]1C. The standard InChI is InChI=1S/C33H42N6O3/c1-21(2)32(41)39-18-22(3)38(17-23(39)4)31-28-12-14-37(30-16-26(40)15-24-9-6-7-11-27(24)30)19-29(28)34-33(35-31)42-20-25-10-8-13-36(25)5/h6-7,9,11,15-16,22-23,25,40H,1,8,10,12-14,17-20H2,2-5H3/t22-,23+,25-/m0/s1. The molecule has 4 heterocycles. The summed E-state index contributed by atoms with van der Waals surface area (Å²) in [6.07, 6.45) is 3.06. The molecule has 42 heavy (non-hydrogen) atoms. The maximum atomic E-state index is 12.8. The first kappa shape index (κ1) is 28.3.